The van der Waals surface area contributed by atoms with E-state index in [1.807, 2.05) is 0 Å². The highest BCUT2D eigenvalue weighted by Crippen LogP contribution is 2.38. The third-order valence-electron chi connectivity index (χ3n) is 5.41. The lowest BCUT2D eigenvalue weighted by Crippen LogP contribution is -2.53. The van der Waals surface area contributed by atoms with Gasteiger partial charge in [0.25, 0.3) is 11.8 Å². The number of piperidine rings is 1. The monoisotopic (exact) mass is 429 g/mol. The number of aliphatic hydroxyl groups excluding tert-OH is 2. The van der Waals surface area contributed by atoms with E-state index in [9.17, 15) is 24.6 Å². The second-order valence-corrected chi connectivity index (χ2v) is 7.96. The Morgan fingerprint density at radius 3 is 2.39 bits per heavy atom. The molecule has 3 rings (SSSR count). The summed E-state index contributed by atoms with van der Waals surface area (Å²) >= 11 is 11.7. The Kier molecular flexibility index (Phi) is 6.14. The van der Waals surface area contributed by atoms with Crippen molar-refractivity contribution in [2.75, 3.05) is 25.0 Å². The minimum absolute atomic E-state index is 0.000553. The van der Waals surface area contributed by atoms with Gasteiger partial charge in [-0.3, -0.25) is 14.4 Å². The van der Waals surface area contributed by atoms with Crippen LogP contribution in [0, 0.1) is 5.41 Å². The van der Waals surface area contributed by atoms with Gasteiger partial charge >= 0.3 is 0 Å². The predicted molar refractivity (Wildman–Crippen MR) is 103 cm³/mol. The molecule has 0 bridgehead atoms. The summed E-state index contributed by atoms with van der Waals surface area (Å²) in [5, 5.41) is 26.0. The molecule has 0 unspecified atom stereocenters. The van der Waals surface area contributed by atoms with Gasteiger partial charge in [0.1, 0.15) is 0 Å². The molecule has 2 fully saturated rings. The lowest BCUT2D eigenvalue weighted by molar-refractivity contribution is -0.154. The Labute approximate surface area is 171 Å². The molecule has 2 aliphatic rings. The van der Waals surface area contributed by atoms with Gasteiger partial charge in [-0.1, -0.05) is 23.2 Å². The van der Waals surface area contributed by atoms with Gasteiger partial charge in [-0.2, -0.15) is 0 Å². The number of halogens is 2. The summed E-state index contributed by atoms with van der Waals surface area (Å²) < 4.78 is 0. The molecular formula is C18H21Cl2N3O5. The number of rotatable bonds is 4. The van der Waals surface area contributed by atoms with Crippen molar-refractivity contribution >= 4 is 46.6 Å². The van der Waals surface area contributed by atoms with E-state index < -0.39 is 29.4 Å². The molecule has 1 spiro atoms. The third-order valence-corrected chi connectivity index (χ3v) is 5.96. The molecule has 0 aliphatic carbocycles. The van der Waals surface area contributed by atoms with Crippen molar-refractivity contribution in [2.45, 2.75) is 31.5 Å². The molecule has 1 aromatic carbocycles. The molecule has 1 aromatic rings. The number of carbonyl (C=O) groups is 3. The zero-order chi connectivity index (χ0) is 20.5. The third kappa shape index (κ3) is 4.10. The first-order valence-corrected chi connectivity index (χ1v) is 9.68. The van der Waals surface area contributed by atoms with Crippen molar-refractivity contribution in [3.63, 3.8) is 0 Å². The Morgan fingerprint density at radius 2 is 1.82 bits per heavy atom. The molecule has 2 heterocycles. The van der Waals surface area contributed by atoms with Gasteiger partial charge in [0.05, 0.1) is 16.1 Å². The first-order valence-electron chi connectivity index (χ1n) is 8.93. The number of aliphatic hydroxyl groups is 2. The van der Waals surface area contributed by atoms with Crippen molar-refractivity contribution in [1.29, 1.82) is 0 Å². The fraction of sp³-hybridized carbons (Fsp3) is 0.500. The average Bonchev–Trinajstić information content (AvgIpc) is 3.02. The number of hydrogen-bond acceptors (Lipinski definition) is 5. The second-order valence-electron chi connectivity index (χ2n) is 7.11. The highest BCUT2D eigenvalue weighted by Gasteiger charge is 2.46. The summed E-state index contributed by atoms with van der Waals surface area (Å²) in [5.41, 5.74) is -0.259. The SMILES string of the molecule is O=C(Nc1ccc(Cl)cc1Cl)[C@H](O)[C@@H](O)C(=O)N1CCC2(CCNC2=O)CC1. The molecule has 3 amide bonds. The van der Waals surface area contributed by atoms with Crippen LogP contribution in [0.1, 0.15) is 19.3 Å². The molecule has 2 atom stereocenters. The quantitative estimate of drug-likeness (QED) is 0.563. The molecule has 0 radical (unpaired) electrons. The van der Waals surface area contributed by atoms with Crippen LogP contribution in [-0.4, -0.2) is 64.7 Å². The van der Waals surface area contributed by atoms with Gasteiger partial charge in [-0.05, 0) is 37.5 Å². The Bertz CT molecular complexity index is 795. The number of carbonyl (C=O) groups excluding carboxylic acids is 3. The maximum absolute atomic E-state index is 12.5. The summed E-state index contributed by atoms with van der Waals surface area (Å²) in [6.45, 7) is 1.18. The topological polar surface area (TPSA) is 119 Å². The molecule has 28 heavy (non-hydrogen) atoms. The molecular weight excluding hydrogens is 409 g/mol. The van der Waals surface area contributed by atoms with Crippen LogP contribution in [0.3, 0.4) is 0 Å². The average molecular weight is 430 g/mol. The Balaban J connectivity index is 1.58. The van der Waals surface area contributed by atoms with Gasteiger partial charge in [0.15, 0.2) is 12.2 Å². The molecule has 0 aromatic heterocycles. The lowest BCUT2D eigenvalue weighted by atomic mass is 9.77. The minimum Gasteiger partial charge on any atom is -0.380 e. The molecule has 2 saturated heterocycles. The fourth-order valence-corrected chi connectivity index (χ4v) is 4.07. The highest BCUT2D eigenvalue weighted by molar-refractivity contribution is 6.36. The highest BCUT2D eigenvalue weighted by atomic mass is 35.5. The van der Waals surface area contributed by atoms with Crippen LogP contribution in [0.4, 0.5) is 5.69 Å². The van der Waals surface area contributed by atoms with E-state index in [0.717, 1.165) is 6.42 Å². The van der Waals surface area contributed by atoms with Crippen molar-refractivity contribution in [3.05, 3.63) is 28.2 Å². The number of hydrogen-bond donors (Lipinski definition) is 4. The number of benzene rings is 1. The predicted octanol–water partition coefficient (Wildman–Crippen LogP) is 0.782. The van der Waals surface area contributed by atoms with Crippen LogP contribution in [0.25, 0.3) is 0 Å². The van der Waals surface area contributed by atoms with E-state index in [1.165, 1.54) is 23.1 Å². The molecule has 0 saturated carbocycles. The lowest BCUT2D eigenvalue weighted by Gasteiger charge is -2.38. The number of likely N-dealkylation sites (tertiary alicyclic amines) is 1. The summed E-state index contributed by atoms with van der Waals surface area (Å²) in [6.07, 6.45) is -2.19. The summed E-state index contributed by atoms with van der Waals surface area (Å²) in [5.74, 6) is -1.72. The molecule has 2 aliphatic heterocycles. The zero-order valence-electron chi connectivity index (χ0n) is 15.0. The van der Waals surface area contributed by atoms with E-state index in [-0.39, 0.29) is 29.7 Å². The first kappa shape index (κ1) is 20.9. The standard InChI is InChI=1S/C18H21Cl2N3O5/c19-10-1-2-12(11(20)9-10)22-15(26)13(24)14(25)16(27)23-7-4-18(5-8-23)3-6-21-17(18)28/h1-2,9,13-14,24-25H,3-8H2,(H,21,28)(H,22,26)/t13-,14-/m1/s1. The summed E-state index contributed by atoms with van der Waals surface area (Å²) in [6, 6.07) is 4.36. The van der Waals surface area contributed by atoms with E-state index in [0.29, 0.717) is 24.4 Å². The Morgan fingerprint density at radius 1 is 1.14 bits per heavy atom. The van der Waals surface area contributed by atoms with Gasteiger partial charge in [0.2, 0.25) is 5.91 Å². The van der Waals surface area contributed by atoms with Crippen molar-refractivity contribution < 1.29 is 24.6 Å². The molecule has 10 heteroatoms. The van der Waals surface area contributed by atoms with Crippen LogP contribution in [0.2, 0.25) is 10.0 Å². The maximum Gasteiger partial charge on any atom is 0.256 e. The first-order chi connectivity index (χ1) is 13.2. The summed E-state index contributed by atoms with van der Waals surface area (Å²) in [7, 11) is 0. The number of amides is 3. The van der Waals surface area contributed by atoms with E-state index in [2.05, 4.69) is 10.6 Å². The normalized spacial score (nSPS) is 20.6. The second kappa shape index (κ2) is 8.24. The molecule has 152 valence electrons. The van der Waals surface area contributed by atoms with Crippen LogP contribution in [-0.2, 0) is 14.4 Å². The number of nitrogens with one attached hydrogen (secondary N) is 2. The van der Waals surface area contributed by atoms with Crippen LogP contribution >= 0.6 is 23.2 Å². The van der Waals surface area contributed by atoms with Crippen molar-refractivity contribution in [3.8, 4) is 0 Å². The molecule has 4 N–H and O–H groups in total. The smallest absolute Gasteiger partial charge is 0.256 e. The van der Waals surface area contributed by atoms with E-state index >= 15 is 0 Å². The maximum atomic E-state index is 12.5. The molecule has 8 nitrogen and oxygen atoms in total. The van der Waals surface area contributed by atoms with Crippen LogP contribution in [0.15, 0.2) is 18.2 Å². The van der Waals surface area contributed by atoms with E-state index in [4.69, 9.17) is 23.2 Å². The van der Waals surface area contributed by atoms with Gasteiger partial charge in [-0.25, -0.2) is 0 Å². The fourth-order valence-electron chi connectivity index (χ4n) is 3.61. The number of nitrogens with zero attached hydrogens (tertiary/aromatic N) is 1. The van der Waals surface area contributed by atoms with Gasteiger partial charge in [0, 0.05) is 24.7 Å². The van der Waals surface area contributed by atoms with E-state index in [1.54, 1.807) is 0 Å². The van der Waals surface area contributed by atoms with Crippen molar-refractivity contribution in [2.24, 2.45) is 5.41 Å². The summed E-state index contributed by atoms with van der Waals surface area (Å²) in [4.78, 5) is 38.0. The number of anilines is 1. The Hall–Kier alpha value is -1.87. The van der Waals surface area contributed by atoms with Crippen molar-refractivity contribution in [1.82, 2.24) is 10.2 Å². The van der Waals surface area contributed by atoms with Crippen LogP contribution in [0.5, 0.6) is 0 Å². The zero-order valence-corrected chi connectivity index (χ0v) is 16.5. The van der Waals surface area contributed by atoms with Gasteiger partial charge < -0.3 is 25.7 Å². The van der Waals surface area contributed by atoms with Crippen LogP contribution < -0.4 is 10.6 Å². The minimum atomic E-state index is -1.97. The van der Waals surface area contributed by atoms with Gasteiger partial charge in [-0.15, -0.1) is 0 Å². The largest absolute Gasteiger partial charge is 0.380 e.